The quantitative estimate of drug-likeness (QED) is 0.807. The van der Waals surface area contributed by atoms with Crippen LogP contribution in [0.4, 0.5) is 5.69 Å². The molecule has 3 heteroatoms. The van der Waals surface area contributed by atoms with Crippen LogP contribution in [0, 0.1) is 6.92 Å². The summed E-state index contributed by atoms with van der Waals surface area (Å²) in [7, 11) is 0. The Labute approximate surface area is 114 Å². The molecule has 0 aromatic heterocycles. The van der Waals surface area contributed by atoms with Gasteiger partial charge >= 0.3 is 0 Å². The van der Waals surface area contributed by atoms with Crippen molar-refractivity contribution in [2.45, 2.75) is 51.0 Å². The van der Waals surface area contributed by atoms with Crippen LogP contribution in [0.5, 0.6) is 0 Å². The van der Waals surface area contributed by atoms with Gasteiger partial charge in [-0.25, -0.2) is 0 Å². The lowest BCUT2D eigenvalue weighted by molar-refractivity contribution is 0.0381. The molecule has 18 heavy (non-hydrogen) atoms. The highest BCUT2D eigenvalue weighted by molar-refractivity contribution is 6.31. The molecule has 1 fully saturated rings. The zero-order valence-electron chi connectivity index (χ0n) is 11.0. The van der Waals surface area contributed by atoms with E-state index in [4.69, 9.17) is 11.6 Å². The standard InChI is InChI=1S/C15H22ClNO/c1-12-13(16)7-6-8-14(12)17-11-15(18)9-4-2-3-5-10-15/h6-8,17-18H,2-5,9-11H2,1H3. The summed E-state index contributed by atoms with van der Waals surface area (Å²) in [6.45, 7) is 2.62. The van der Waals surface area contributed by atoms with Gasteiger partial charge in [-0.15, -0.1) is 0 Å². The topological polar surface area (TPSA) is 32.3 Å². The van der Waals surface area contributed by atoms with E-state index in [1.54, 1.807) is 0 Å². The molecule has 2 N–H and O–H groups in total. The Morgan fingerprint density at radius 3 is 2.56 bits per heavy atom. The molecule has 1 saturated carbocycles. The molecule has 0 atom stereocenters. The monoisotopic (exact) mass is 267 g/mol. The van der Waals surface area contributed by atoms with Crippen LogP contribution in [0.1, 0.15) is 44.1 Å². The second-order valence-electron chi connectivity index (χ2n) is 5.40. The van der Waals surface area contributed by atoms with Crippen molar-refractivity contribution in [2.75, 3.05) is 11.9 Å². The minimum Gasteiger partial charge on any atom is -0.388 e. The molecule has 0 heterocycles. The molecular weight excluding hydrogens is 246 g/mol. The van der Waals surface area contributed by atoms with Gasteiger partial charge in [0.05, 0.1) is 5.60 Å². The predicted octanol–water partition coefficient (Wildman–Crippen LogP) is 4.15. The first-order valence-electron chi connectivity index (χ1n) is 6.82. The second-order valence-corrected chi connectivity index (χ2v) is 5.81. The van der Waals surface area contributed by atoms with Crippen LogP contribution in [0.3, 0.4) is 0 Å². The van der Waals surface area contributed by atoms with E-state index >= 15 is 0 Å². The number of anilines is 1. The van der Waals surface area contributed by atoms with Gasteiger partial charge in [0.1, 0.15) is 0 Å². The molecule has 0 aliphatic heterocycles. The van der Waals surface area contributed by atoms with Gasteiger partial charge in [0.2, 0.25) is 0 Å². The van der Waals surface area contributed by atoms with Crippen molar-refractivity contribution in [3.8, 4) is 0 Å². The Hall–Kier alpha value is -0.730. The van der Waals surface area contributed by atoms with Crippen LogP contribution in [0.15, 0.2) is 18.2 Å². The molecule has 0 radical (unpaired) electrons. The van der Waals surface area contributed by atoms with Crippen molar-refractivity contribution in [2.24, 2.45) is 0 Å². The number of rotatable bonds is 3. The first-order valence-corrected chi connectivity index (χ1v) is 7.20. The zero-order valence-corrected chi connectivity index (χ0v) is 11.8. The highest BCUT2D eigenvalue weighted by atomic mass is 35.5. The number of hydrogen-bond acceptors (Lipinski definition) is 2. The first-order chi connectivity index (χ1) is 8.61. The molecular formula is C15H22ClNO. The second kappa shape index (κ2) is 5.94. The summed E-state index contributed by atoms with van der Waals surface area (Å²) in [5.74, 6) is 0. The maximum Gasteiger partial charge on any atom is 0.0819 e. The van der Waals surface area contributed by atoms with Crippen molar-refractivity contribution in [3.05, 3.63) is 28.8 Å². The number of aliphatic hydroxyl groups is 1. The molecule has 1 aliphatic rings. The van der Waals surface area contributed by atoms with E-state index in [0.717, 1.165) is 42.0 Å². The van der Waals surface area contributed by atoms with E-state index in [-0.39, 0.29) is 0 Å². The third-order valence-electron chi connectivity index (χ3n) is 3.91. The molecule has 0 unspecified atom stereocenters. The first kappa shape index (κ1) is 13.7. The average molecular weight is 268 g/mol. The Morgan fingerprint density at radius 1 is 1.22 bits per heavy atom. The number of hydrogen-bond donors (Lipinski definition) is 2. The van der Waals surface area contributed by atoms with Gasteiger partial charge in [0.15, 0.2) is 0 Å². The maximum absolute atomic E-state index is 10.6. The summed E-state index contributed by atoms with van der Waals surface area (Å²) >= 11 is 6.09. The highest BCUT2D eigenvalue weighted by Gasteiger charge is 2.27. The van der Waals surface area contributed by atoms with Gasteiger partial charge < -0.3 is 10.4 Å². The molecule has 100 valence electrons. The normalized spacial score (nSPS) is 19.3. The molecule has 0 amide bonds. The largest absolute Gasteiger partial charge is 0.388 e. The molecule has 2 rings (SSSR count). The maximum atomic E-state index is 10.6. The van der Waals surface area contributed by atoms with Gasteiger partial charge in [-0.05, 0) is 37.5 Å². The molecule has 2 nitrogen and oxygen atoms in total. The van der Waals surface area contributed by atoms with E-state index in [0.29, 0.717) is 6.54 Å². The van der Waals surface area contributed by atoms with Crippen molar-refractivity contribution < 1.29 is 5.11 Å². The molecule has 0 bridgehead atoms. The van der Waals surface area contributed by atoms with Gasteiger partial charge in [0.25, 0.3) is 0 Å². The van der Waals surface area contributed by atoms with Gasteiger partial charge in [-0.2, -0.15) is 0 Å². The summed E-state index contributed by atoms with van der Waals surface area (Å²) in [6, 6.07) is 5.85. The summed E-state index contributed by atoms with van der Waals surface area (Å²) < 4.78 is 0. The van der Waals surface area contributed by atoms with Crippen LogP contribution >= 0.6 is 11.6 Å². The Kier molecular flexibility index (Phi) is 4.52. The van der Waals surface area contributed by atoms with E-state index in [1.165, 1.54) is 12.8 Å². The molecule has 1 aliphatic carbocycles. The fourth-order valence-corrected chi connectivity index (χ4v) is 2.80. The van der Waals surface area contributed by atoms with Crippen LogP contribution in [-0.2, 0) is 0 Å². The molecule has 0 spiro atoms. The van der Waals surface area contributed by atoms with E-state index in [2.05, 4.69) is 5.32 Å². The van der Waals surface area contributed by atoms with Gasteiger partial charge in [-0.1, -0.05) is 43.4 Å². The molecule has 1 aromatic carbocycles. The van der Waals surface area contributed by atoms with Crippen molar-refractivity contribution in [3.63, 3.8) is 0 Å². The molecule has 1 aromatic rings. The SMILES string of the molecule is Cc1c(Cl)cccc1NCC1(O)CCCCCC1. The van der Waals surface area contributed by atoms with Crippen LogP contribution in [0.2, 0.25) is 5.02 Å². The van der Waals surface area contributed by atoms with Crippen molar-refractivity contribution in [1.82, 2.24) is 0 Å². The average Bonchev–Trinajstić information content (AvgIpc) is 2.57. The summed E-state index contributed by atoms with van der Waals surface area (Å²) in [5, 5.41) is 14.7. The van der Waals surface area contributed by atoms with Crippen LogP contribution in [-0.4, -0.2) is 17.3 Å². The van der Waals surface area contributed by atoms with Crippen LogP contribution < -0.4 is 5.32 Å². The number of nitrogens with one attached hydrogen (secondary N) is 1. The Morgan fingerprint density at radius 2 is 1.89 bits per heavy atom. The summed E-state index contributed by atoms with van der Waals surface area (Å²) in [6.07, 6.45) is 6.57. The predicted molar refractivity (Wildman–Crippen MR) is 77.3 cm³/mol. The lowest BCUT2D eigenvalue weighted by Gasteiger charge is -2.27. The Bertz CT molecular complexity index is 397. The third-order valence-corrected chi connectivity index (χ3v) is 4.32. The van der Waals surface area contributed by atoms with Crippen LogP contribution in [0.25, 0.3) is 0 Å². The van der Waals surface area contributed by atoms with E-state index < -0.39 is 5.60 Å². The minimum absolute atomic E-state index is 0.550. The van der Waals surface area contributed by atoms with E-state index in [1.807, 2.05) is 25.1 Å². The smallest absolute Gasteiger partial charge is 0.0819 e. The fraction of sp³-hybridized carbons (Fsp3) is 0.600. The zero-order chi connectivity index (χ0) is 13.0. The van der Waals surface area contributed by atoms with Crippen molar-refractivity contribution in [1.29, 1.82) is 0 Å². The minimum atomic E-state index is -0.550. The number of halogens is 1. The van der Waals surface area contributed by atoms with E-state index in [9.17, 15) is 5.11 Å². The molecule has 0 saturated heterocycles. The summed E-state index contributed by atoms with van der Waals surface area (Å²) in [4.78, 5) is 0. The third kappa shape index (κ3) is 3.39. The van der Waals surface area contributed by atoms with Crippen molar-refractivity contribution >= 4 is 17.3 Å². The lowest BCUT2D eigenvalue weighted by atomic mass is 9.94. The lowest BCUT2D eigenvalue weighted by Crippen LogP contribution is -2.36. The Balaban J connectivity index is 1.99. The number of benzene rings is 1. The fourth-order valence-electron chi connectivity index (χ4n) is 2.62. The summed E-state index contributed by atoms with van der Waals surface area (Å²) in [5.41, 5.74) is 1.53. The highest BCUT2D eigenvalue weighted by Crippen LogP contribution is 2.29. The van der Waals surface area contributed by atoms with Gasteiger partial charge in [-0.3, -0.25) is 0 Å². The van der Waals surface area contributed by atoms with Gasteiger partial charge in [0, 0.05) is 17.3 Å².